The molecule has 2 aromatic carbocycles. The molecule has 1 heterocycles. The number of amides is 1. The number of rotatable bonds is 9. The van der Waals surface area contributed by atoms with Gasteiger partial charge in [0, 0.05) is 11.3 Å². The highest BCUT2D eigenvalue weighted by Crippen LogP contribution is 2.21. The lowest BCUT2D eigenvalue weighted by molar-refractivity contribution is 0.0932. The molecular weight excluding hydrogens is 336 g/mol. The molecule has 27 heavy (non-hydrogen) atoms. The van der Waals surface area contributed by atoms with Gasteiger partial charge in [0.05, 0.1) is 17.1 Å². The van der Waals surface area contributed by atoms with Gasteiger partial charge in [-0.25, -0.2) is 4.98 Å². The minimum absolute atomic E-state index is 0.0950. The van der Waals surface area contributed by atoms with Crippen molar-refractivity contribution in [3.8, 4) is 0 Å². The van der Waals surface area contributed by atoms with Crippen LogP contribution in [0.1, 0.15) is 61.3 Å². The number of unbranched alkanes of at least 4 members (excludes halogenated alkanes) is 1. The molecule has 140 valence electrons. The third kappa shape index (κ3) is 5.03. The van der Waals surface area contributed by atoms with Crippen molar-refractivity contribution < 1.29 is 4.79 Å². The van der Waals surface area contributed by atoms with Crippen LogP contribution in [0.3, 0.4) is 0 Å². The third-order valence-electron chi connectivity index (χ3n) is 4.73. The molecule has 0 unspecified atom stereocenters. The van der Waals surface area contributed by atoms with Gasteiger partial charge in [-0.1, -0.05) is 43.7 Å². The highest BCUT2D eigenvalue weighted by Gasteiger charge is 2.19. The predicted molar refractivity (Wildman–Crippen MR) is 109 cm³/mol. The van der Waals surface area contributed by atoms with Gasteiger partial charge < -0.3 is 15.7 Å². The SMILES string of the molecule is CCC(=N)CCCC[C@H](NC(=O)c1ccccc1)c1nc2ccccc2[nH]1. The first kappa shape index (κ1) is 18.8. The van der Waals surface area contributed by atoms with Gasteiger partial charge >= 0.3 is 0 Å². The van der Waals surface area contributed by atoms with E-state index in [1.165, 1.54) is 0 Å². The topological polar surface area (TPSA) is 81.6 Å². The van der Waals surface area contributed by atoms with E-state index in [0.717, 1.165) is 54.7 Å². The molecule has 3 rings (SSSR count). The zero-order valence-electron chi connectivity index (χ0n) is 15.7. The molecule has 3 aromatic rings. The lowest BCUT2D eigenvalue weighted by atomic mass is 10.0. The number of nitrogens with one attached hydrogen (secondary N) is 3. The van der Waals surface area contributed by atoms with Gasteiger partial charge in [0.15, 0.2) is 0 Å². The largest absolute Gasteiger partial charge is 0.342 e. The van der Waals surface area contributed by atoms with Crippen LogP contribution in [-0.4, -0.2) is 21.6 Å². The lowest BCUT2D eigenvalue weighted by Crippen LogP contribution is -2.29. The van der Waals surface area contributed by atoms with Crippen LogP contribution < -0.4 is 5.32 Å². The highest BCUT2D eigenvalue weighted by atomic mass is 16.1. The maximum Gasteiger partial charge on any atom is 0.251 e. The Morgan fingerprint density at radius 1 is 1.11 bits per heavy atom. The average molecular weight is 362 g/mol. The molecular formula is C22H26N4O. The summed E-state index contributed by atoms with van der Waals surface area (Å²) in [6.07, 6.45) is 4.28. The molecule has 1 aromatic heterocycles. The molecule has 0 saturated heterocycles. The lowest BCUT2D eigenvalue weighted by Gasteiger charge is -2.17. The van der Waals surface area contributed by atoms with E-state index in [-0.39, 0.29) is 11.9 Å². The summed E-state index contributed by atoms with van der Waals surface area (Å²) in [4.78, 5) is 20.7. The molecule has 0 aliphatic rings. The summed E-state index contributed by atoms with van der Waals surface area (Å²) in [6, 6.07) is 17.0. The van der Waals surface area contributed by atoms with E-state index in [2.05, 4.69) is 15.3 Å². The molecule has 0 aliphatic heterocycles. The fourth-order valence-electron chi connectivity index (χ4n) is 3.11. The van der Waals surface area contributed by atoms with E-state index in [1.807, 2.05) is 61.5 Å². The second-order valence-corrected chi connectivity index (χ2v) is 6.73. The molecule has 0 bridgehead atoms. The van der Waals surface area contributed by atoms with Crippen molar-refractivity contribution in [3.63, 3.8) is 0 Å². The number of carbonyl (C=O) groups excluding carboxylic acids is 1. The van der Waals surface area contributed by atoms with Crippen molar-refractivity contribution in [1.82, 2.24) is 15.3 Å². The monoisotopic (exact) mass is 362 g/mol. The number of aromatic amines is 1. The van der Waals surface area contributed by atoms with Crippen molar-refractivity contribution in [2.24, 2.45) is 0 Å². The van der Waals surface area contributed by atoms with E-state index in [1.54, 1.807) is 0 Å². The van der Waals surface area contributed by atoms with Crippen LogP contribution in [0, 0.1) is 5.41 Å². The molecule has 0 aliphatic carbocycles. The molecule has 0 spiro atoms. The Hall–Kier alpha value is -2.95. The number of para-hydroxylation sites is 2. The van der Waals surface area contributed by atoms with E-state index in [9.17, 15) is 4.79 Å². The van der Waals surface area contributed by atoms with E-state index < -0.39 is 0 Å². The standard InChI is InChI=1S/C22H26N4O/c1-2-17(23)12-6-7-15-20(26-22(27)16-10-4-3-5-11-16)21-24-18-13-8-9-14-19(18)25-21/h3-5,8-11,13-14,20,23H,2,6-7,12,15H2,1H3,(H,24,25)(H,26,27)/t20-/m0/s1. The van der Waals surface area contributed by atoms with E-state index >= 15 is 0 Å². The summed E-state index contributed by atoms with van der Waals surface area (Å²) in [5.74, 6) is 0.688. The van der Waals surface area contributed by atoms with E-state index in [0.29, 0.717) is 5.56 Å². The zero-order valence-corrected chi connectivity index (χ0v) is 15.7. The summed E-state index contributed by atoms with van der Waals surface area (Å²) < 4.78 is 0. The third-order valence-corrected chi connectivity index (χ3v) is 4.73. The summed E-state index contributed by atoms with van der Waals surface area (Å²) in [5.41, 5.74) is 3.30. The van der Waals surface area contributed by atoms with Crippen molar-refractivity contribution in [1.29, 1.82) is 5.41 Å². The molecule has 0 radical (unpaired) electrons. The smallest absolute Gasteiger partial charge is 0.251 e. The number of H-pyrrole nitrogens is 1. The molecule has 1 atom stereocenters. The molecule has 5 nitrogen and oxygen atoms in total. The van der Waals surface area contributed by atoms with Gasteiger partial charge in [0.25, 0.3) is 5.91 Å². The van der Waals surface area contributed by atoms with Crippen LogP contribution >= 0.6 is 0 Å². The number of fused-ring (bicyclic) bond motifs is 1. The predicted octanol–water partition coefficient (Wildman–Crippen LogP) is 5.02. The first-order valence-electron chi connectivity index (χ1n) is 9.54. The Labute approximate surface area is 159 Å². The van der Waals surface area contributed by atoms with Crippen molar-refractivity contribution in [2.75, 3.05) is 0 Å². The Morgan fingerprint density at radius 3 is 2.59 bits per heavy atom. The molecule has 0 saturated carbocycles. The van der Waals surface area contributed by atoms with Gasteiger partial charge in [-0.15, -0.1) is 0 Å². The van der Waals surface area contributed by atoms with Crippen LogP contribution in [0.5, 0.6) is 0 Å². The summed E-state index contributed by atoms with van der Waals surface area (Å²) in [7, 11) is 0. The summed E-state index contributed by atoms with van der Waals surface area (Å²) in [6.45, 7) is 2.01. The van der Waals surface area contributed by atoms with Crippen LogP contribution in [-0.2, 0) is 0 Å². The number of hydrogen-bond donors (Lipinski definition) is 3. The first-order chi connectivity index (χ1) is 13.2. The maximum atomic E-state index is 12.6. The van der Waals surface area contributed by atoms with Gasteiger partial charge in [0.2, 0.25) is 0 Å². The number of benzene rings is 2. The Bertz CT molecular complexity index is 868. The van der Waals surface area contributed by atoms with Gasteiger partial charge in [-0.2, -0.15) is 0 Å². The highest BCUT2D eigenvalue weighted by molar-refractivity contribution is 5.94. The van der Waals surface area contributed by atoms with Crippen LogP contribution in [0.25, 0.3) is 11.0 Å². The maximum absolute atomic E-state index is 12.6. The number of carbonyl (C=O) groups is 1. The molecule has 3 N–H and O–H groups in total. The Morgan fingerprint density at radius 2 is 1.85 bits per heavy atom. The second-order valence-electron chi connectivity index (χ2n) is 6.73. The van der Waals surface area contributed by atoms with Crippen LogP contribution in [0.4, 0.5) is 0 Å². The minimum Gasteiger partial charge on any atom is -0.342 e. The zero-order chi connectivity index (χ0) is 19.1. The molecule has 0 fully saturated rings. The summed E-state index contributed by atoms with van der Waals surface area (Å²) >= 11 is 0. The second kappa shape index (κ2) is 9.12. The van der Waals surface area contributed by atoms with Crippen molar-refractivity contribution in [2.45, 2.75) is 45.1 Å². The Kier molecular flexibility index (Phi) is 6.36. The molecule has 1 amide bonds. The summed E-state index contributed by atoms with van der Waals surface area (Å²) in [5, 5.41) is 10.9. The molecule has 5 heteroatoms. The van der Waals surface area contributed by atoms with Crippen LogP contribution in [0.15, 0.2) is 54.6 Å². The van der Waals surface area contributed by atoms with E-state index in [4.69, 9.17) is 5.41 Å². The number of nitrogens with zero attached hydrogens (tertiary/aromatic N) is 1. The number of aromatic nitrogens is 2. The van der Waals surface area contributed by atoms with Crippen molar-refractivity contribution in [3.05, 3.63) is 66.0 Å². The van der Waals surface area contributed by atoms with Gasteiger partial charge in [-0.05, 0) is 49.9 Å². The Balaban J connectivity index is 1.73. The minimum atomic E-state index is -0.180. The fraction of sp³-hybridized carbons (Fsp3) is 0.318. The number of imidazole rings is 1. The normalized spacial score (nSPS) is 12.0. The van der Waals surface area contributed by atoms with Gasteiger partial charge in [-0.3, -0.25) is 4.79 Å². The fourth-order valence-corrected chi connectivity index (χ4v) is 3.11. The number of hydrogen-bond acceptors (Lipinski definition) is 3. The van der Waals surface area contributed by atoms with Gasteiger partial charge in [0.1, 0.15) is 5.82 Å². The first-order valence-corrected chi connectivity index (χ1v) is 9.54. The van der Waals surface area contributed by atoms with Crippen molar-refractivity contribution >= 4 is 22.7 Å². The van der Waals surface area contributed by atoms with Crippen LogP contribution in [0.2, 0.25) is 0 Å². The quantitative estimate of drug-likeness (QED) is 0.369. The average Bonchev–Trinajstić information content (AvgIpc) is 3.14.